The molecule has 1 amide bonds. The summed E-state index contributed by atoms with van der Waals surface area (Å²) in [5, 5.41) is 0. The summed E-state index contributed by atoms with van der Waals surface area (Å²) in [7, 11) is -1.80. The van der Waals surface area contributed by atoms with E-state index >= 15 is 0 Å². The van der Waals surface area contributed by atoms with E-state index in [1.54, 1.807) is 4.90 Å². The second-order valence-electron chi connectivity index (χ2n) is 5.96. The number of esters is 1. The summed E-state index contributed by atoms with van der Waals surface area (Å²) in [5.74, 6) is -0.453. The van der Waals surface area contributed by atoms with E-state index in [-0.39, 0.29) is 36.4 Å². The third kappa shape index (κ3) is 5.33. The molecule has 0 bridgehead atoms. The number of nitrogens with zero attached hydrogens (tertiary/aromatic N) is 1. The van der Waals surface area contributed by atoms with Gasteiger partial charge in [-0.15, -0.1) is 0 Å². The number of amides is 1. The zero-order valence-corrected chi connectivity index (χ0v) is 14.6. The van der Waals surface area contributed by atoms with E-state index in [9.17, 15) is 18.0 Å². The van der Waals surface area contributed by atoms with Gasteiger partial charge in [0.1, 0.15) is 0 Å². The van der Waals surface area contributed by atoms with Crippen LogP contribution in [0, 0.1) is 0 Å². The van der Waals surface area contributed by atoms with Gasteiger partial charge in [-0.3, -0.25) is 9.59 Å². The van der Waals surface area contributed by atoms with Crippen molar-refractivity contribution in [3.8, 4) is 0 Å². The summed E-state index contributed by atoms with van der Waals surface area (Å²) in [6.45, 7) is 0.195. The Balaban J connectivity index is 2.00. The van der Waals surface area contributed by atoms with Crippen LogP contribution >= 0.6 is 0 Å². The van der Waals surface area contributed by atoms with Crippen molar-refractivity contribution < 1.29 is 22.7 Å². The summed E-state index contributed by atoms with van der Waals surface area (Å²) in [6.07, 6.45) is 1.39. The van der Waals surface area contributed by atoms with E-state index < -0.39 is 15.8 Å². The number of carbonyl (C=O) groups is 2. The van der Waals surface area contributed by atoms with Crippen LogP contribution in [0.3, 0.4) is 0 Å². The summed E-state index contributed by atoms with van der Waals surface area (Å²) >= 11 is 0. The summed E-state index contributed by atoms with van der Waals surface area (Å²) < 4.78 is 28.0. The molecule has 1 aromatic rings. The first-order valence-corrected chi connectivity index (χ1v) is 9.84. The van der Waals surface area contributed by atoms with Crippen LogP contribution in [-0.2, 0) is 30.6 Å². The third-order valence-electron chi connectivity index (χ3n) is 4.22. The predicted molar refractivity (Wildman–Crippen MR) is 90.2 cm³/mol. The van der Waals surface area contributed by atoms with Gasteiger partial charge in [0.25, 0.3) is 0 Å². The van der Waals surface area contributed by atoms with Crippen molar-refractivity contribution in [1.82, 2.24) is 4.90 Å². The fourth-order valence-electron chi connectivity index (χ4n) is 2.89. The molecule has 0 radical (unpaired) electrons. The van der Waals surface area contributed by atoms with Gasteiger partial charge < -0.3 is 9.64 Å². The minimum Gasteiger partial charge on any atom is -0.469 e. The van der Waals surface area contributed by atoms with E-state index in [4.69, 9.17) is 0 Å². The lowest BCUT2D eigenvalue weighted by Gasteiger charge is -2.28. The maximum Gasteiger partial charge on any atom is 0.307 e. The molecule has 1 heterocycles. The van der Waals surface area contributed by atoms with E-state index in [1.807, 2.05) is 30.3 Å². The Morgan fingerprint density at radius 1 is 1.21 bits per heavy atom. The first-order valence-electron chi connectivity index (χ1n) is 8.02. The molecule has 1 atom stereocenters. The Bertz CT molecular complexity index is 671. The van der Waals surface area contributed by atoms with Gasteiger partial charge in [-0.1, -0.05) is 30.3 Å². The van der Waals surface area contributed by atoms with Gasteiger partial charge in [0.05, 0.1) is 25.0 Å². The predicted octanol–water partition coefficient (Wildman–Crippen LogP) is 1.20. The zero-order valence-electron chi connectivity index (χ0n) is 13.8. The zero-order chi connectivity index (χ0) is 17.6. The minimum absolute atomic E-state index is 0.0226. The number of sulfone groups is 1. The Kier molecular flexibility index (Phi) is 6.36. The quantitative estimate of drug-likeness (QED) is 0.688. The molecule has 0 aliphatic carbocycles. The minimum atomic E-state index is -3.10. The number of carbonyl (C=O) groups excluding carboxylic acids is 2. The molecule has 1 aliphatic rings. The van der Waals surface area contributed by atoms with Gasteiger partial charge in [0, 0.05) is 19.0 Å². The van der Waals surface area contributed by atoms with Crippen molar-refractivity contribution in [3.05, 3.63) is 35.9 Å². The Hall–Kier alpha value is -1.89. The normalized spacial score (nSPS) is 19.0. The topological polar surface area (TPSA) is 80.8 Å². The number of hydrogen-bond acceptors (Lipinski definition) is 5. The Morgan fingerprint density at radius 3 is 2.50 bits per heavy atom. The smallest absolute Gasteiger partial charge is 0.307 e. The van der Waals surface area contributed by atoms with E-state index in [0.717, 1.165) is 5.56 Å². The molecular formula is C17H23NO5S. The Morgan fingerprint density at radius 2 is 1.92 bits per heavy atom. The molecule has 2 rings (SSSR count). The molecular weight excluding hydrogens is 330 g/mol. The number of ether oxygens (including phenoxy) is 1. The number of methoxy groups -OCH3 is 1. The molecule has 0 saturated carbocycles. The van der Waals surface area contributed by atoms with Crippen molar-refractivity contribution in [1.29, 1.82) is 0 Å². The van der Waals surface area contributed by atoms with Gasteiger partial charge in [-0.25, -0.2) is 8.42 Å². The molecule has 0 aromatic heterocycles. The van der Waals surface area contributed by atoms with Crippen LogP contribution in [0.5, 0.6) is 0 Å². The van der Waals surface area contributed by atoms with Gasteiger partial charge in [-0.2, -0.15) is 0 Å². The fraction of sp³-hybridized carbons (Fsp3) is 0.529. The molecule has 1 aromatic carbocycles. The van der Waals surface area contributed by atoms with Gasteiger partial charge in [0.15, 0.2) is 9.84 Å². The molecule has 1 aliphatic heterocycles. The maximum absolute atomic E-state index is 12.6. The number of aryl methyl sites for hydroxylation is 1. The van der Waals surface area contributed by atoms with Crippen LogP contribution < -0.4 is 0 Å². The molecule has 0 spiro atoms. The van der Waals surface area contributed by atoms with E-state index in [1.165, 1.54) is 7.11 Å². The third-order valence-corrected chi connectivity index (χ3v) is 5.97. The van der Waals surface area contributed by atoms with Gasteiger partial charge in [0.2, 0.25) is 5.91 Å². The largest absolute Gasteiger partial charge is 0.469 e. The van der Waals surface area contributed by atoms with Crippen LogP contribution in [0.25, 0.3) is 0 Å². The fourth-order valence-corrected chi connectivity index (χ4v) is 4.62. The average Bonchev–Trinajstić information content (AvgIpc) is 2.93. The molecule has 0 unspecified atom stereocenters. The highest BCUT2D eigenvalue weighted by Crippen LogP contribution is 2.19. The molecule has 24 heavy (non-hydrogen) atoms. The number of benzene rings is 1. The van der Waals surface area contributed by atoms with Crippen LogP contribution in [0.1, 0.15) is 24.8 Å². The Labute approximate surface area is 142 Å². The average molecular weight is 353 g/mol. The monoisotopic (exact) mass is 353 g/mol. The SMILES string of the molecule is COC(=O)CCN(C(=O)CCc1ccccc1)[C@H]1CCS(=O)(=O)C1. The first kappa shape index (κ1) is 18.4. The van der Waals surface area contributed by atoms with Gasteiger partial charge in [-0.05, 0) is 18.4 Å². The van der Waals surface area contributed by atoms with Crippen molar-refractivity contribution >= 4 is 21.7 Å². The standard InChI is InChI=1S/C17H23NO5S/c1-23-17(20)9-11-18(15-10-12-24(21,22)13-15)16(19)8-7-14-5-3-2-4-6-14/h2-6,15H,7-13H2,1H3/t15-/m0/s1. The molecule has 132 valence electrons. The second-order valence-corrected chi connectivity index (χ2v) is 8.18. The highest BCUT2D eigenvalue weighted by molar-refractivity contribution is 7.91. The maximum atomic E-state index is 12.6. The molecule has 7 heteroatoms. The lowest BCUT2D eigenvalue weighted by atomic mass is 10.1. The first-order chi connectivity index (χ1) is 11.4. The van der Waals surface area contributed by atoms with E-state index in [0.29, 0.717) is 19.3 Å². The second kappa shape index (κ2) is 8.28. The van der Waals surface area contributed by atoms with Crippen LogP contribution in [0.4, 0.5) is 0 Å². The van der Waals surface area contributed by atoms with Crippen LogP contribution in [0.15, 0.2) is 30.3 Å². The highest BCUT2D eigenvalue weighted by Gasteiger charge is 2.34. The van der Waals surface area contributed by atoms with Crippen molar-refractivity contribution in [3.63, 3.8) is 0 Å². The molecule has 1 fully saturated rings. The number of rotatable bonds is 7. The van der Waals surface area contributed by atoms with Crippen LogP contribution in [-0.4, -0.2) is 56.4 Å². The molecule has 0 N–H and O–H groups in total. The van der Waals surface area contributed by atoms with E-state index in [2.05, 4.69) is 4.74 Å². The summed E-state index contributed by atoms with van der Waals surface area (Å²) in [6, 6.07) is 9.30. The van der Waals surface area contributed by atoms with Crippen molar-refractivity contribution in [2.75, 3.05) is 25.2 Å². The lowest BCUT2D eigenvalue weighted by molar-refractivity contribution is -0.142. The summed E-state index contributed by atoms with van der Waals surface area (Å²) in [5.41, 5.74) is 1.05. The van der Waals surface area contributed by atoms with Crippen molar-refractivity contribution in [2.24, 2.45) is 0 Å². The van der Waals surface area contributed by atoms with Crippen LogP contribution in [0.2, 0.25) is 0 Å². The lowest BCUT2D eigenvalue weighted by Crippen LogP contribution is -2.42. The number of hydrogen-bond donors (Lipinski definition) is 0. The molecule has 6 nitrogen and oxygen atoms in total. The van der Waals surface area contributed by atoms with Crippen molar-refractivity contribution in [2.45, 2.75) is 31.7 Å². The molecule has 1 saturated heterocycles. The highest BCUT2D eigenvalue weighted by atomic mass is 32.2. The summed E-state index contributed by atoms with van der Waals surface area (Å²) in [4.78, 5) is 25.5. The van der Waals surface area contributed by atoms with Gasteiger partial charge >= 0.3 is 5.97 Å².